The van der Waals surface area contributed by atoms with Gasteiger partial charge >= 0.3 is 12.2 Å². The molecule has 1 aromatic rings. The molecule has 9 heteroatoms. The predicted molar refractivity (Wildman–Crippen MR) is 123 cm³/mol. The van der Waals surface area contributed by atoms with Crippen LogP contribution in [0.1, 0.15) is 59.4 Å². The maximum absolute atomic E-state index is 12.6. The lowest BCUT2D eigenvalue weighted by molar-refractivity contribution is 0.0477. The van der Waals surface area contributed by atoms with Gasteiger partial charge in [-0.05, 0) is 65.4 Å². The Hall–Kier alpha value is -2.29. The molecule has 0 radical (unpaired) electrons. The smallest absolute Gasteiger partial charge is 0.407 e. The molecule has 2 rings (SSSR count). The quantitative estimate of drug-likeness (QED) is 0.630. The van der Waals surface area contributed by atoms with Crippen LogP contribution in [0.5, 0.6) is 0 Å². The van der Waals surface area contributed by atoms with Crippen LogP contribution in [-0.2, 0) is 25.9 Å². The van der Waals surface area contributed by atoms with Crippen LogP contribution in [-0.4, -0.2) is 49.3 Å². The Bertz CT molecular complexity index is 864. The summed E-state index contributed by atoms with van der Waals surface area (Å²) in [6.45, 7) is 8.78. The van der Waals surface area contributed by atoms with Crippen molar-refractivity contribution in [2.24, 2.45) is 5.92 Å². The van der Waals surface area contributed by atoms with E-state index in [1.54, 1.807) is 34.6 Å². The summed E-state index contributed by atoms with van der Waals surface area (Å²) in [5, 5.41) is 5.16. The van der Waals surface area contributed by atoms with Gasteiger partial charge in [-0.3, -0.25) is 0 Å². The van der Waals surface area contributed by atoms with Crippen LogP contribution < -0.4 is 10.6 Å². The highest BCUT2D eigenvalue weighted by Crippen LogP contribution is 2.28. The highest BCUT2D eigenvalue weighted by molar-refractivity contribution is 7.91. The number of sulfone groups is 1. The van der Waals surface area contributed by atoms with Crippen molar-refractivity contribution in [2.75, 3.05) is 5.75 Å². The van der Waals surface area contributed by atoms with Crippen molar-refractivity contribution in [3.8, 4) is 0 Å². The van der Waals surface area contributed by atoms with Gasteiger partial charge in [0.25, 0.3) is 0 Å². The molecule has 0 heterocycles. The highest BCUT2D eigenvalue weighted by Gasteiger charge is 2.36. The molecule has 0 bridgehead atoms. The Balaban J connectivity index is 2.01. The maximum Gasteiger partial charge on any atom is 0.407 e. The van der Waals surface area contributed by atoms with Gasteiger partial charge in [-0.2, -0.15) is 0 Å². The van der Waals surface area contributed by atoms with Gasteiger partial charge in [-0.1, -0.05) is 30.3 Å². The normalized spacial score (nSPS) is 21.6. The van der Waals surface area contributed by atoms with Crippen molar-refractivity contribution in [3.05, 3.63) is 35.9 Å². The van der Waals surface area contributed by atoms with Gasteiger partial charge in [0, 0.05) is 12.1 Å². The van der Waals surface area contributed by atoms with Crippen LogP contribution >= 0.6 is 0 Å². The zero-order valence-electron chi connectivity index (χ0n) is 19.6. The zero-order chi connectivity index (χ0) is 23.9. The van der Waals surface area contributed by atoms with E-state index in [2.05, 4.69) is 10.6 Å². The monoisotopic (exact) mass is 468 g/mol. The molecule has 3 atom stereocenters. The topological polar surface area (TPSA) is 111 Å². The van der Waals surface area contributed by atoms with Gasteiger partial charge in [0.15, 0.2) is 9.84 Å². The number of rotatable bonds is 7. The van der Waals surface area contributed by atoms with E-state index in [9.17, 15) is 18.0 Å². The van der Waals surface area contributed by atoms with Crippen molar-refractivity contribution < 1.29 is 27.5 Å². The first-order valence-electron chi connectivity index (χ1n) is 11.0. The van der Waals surface area contributed by atoms with E-state index in [0.29, 0.717) is 19.3 Å². The third kappa shape index (κ3) is 8.68. The van der Waals surface area contributed by atoms with Crippen LogP contribution in [0.25, 0.3) is 0 Å². The fourth-order valence-corrected chi connectivity index (χ4v) is 5.00. The van der Waals surface area contributed by atoms with E-state index in [1.165, 1.54) is 0 Å². The van der Waals surface area contributed by atoms with E-state index < -0.39 is 32.9 Å². The van der Waals surface area contributed by atoms with Crippen LogP contribution in [0.2, 0.25) is 0 Å². The second-order valence-corrected chi connectivity index (χ2v) is 12.2. The molecule has 1 fully saturated rings. The second kappa shape index (κ2) is 11.0. The van der Waals surface area contributed by atoms with Crippen molar-refractivity contribution in [3.63, 3.8) is 0 Å². The molecular weight excluding hydrogens is 432 g/mol. The number of carbonyl (C=O) groups excluding carboxylic acids is 2. The molecule has 1 aromatic carbocycles. The summed E-state index contributed by atoms with van der Waals surface area (Å²) < 4.78 is 35.8. The van der Waals surface area contributed by atoms with E-state index >= 15 is 0 Å². The largest absolute Gasteiger partial charge is 0.445 e. The predicted octanol–water partition coefficient (Wildman–Crippen LogP) is 3.80. The average Bonchev–Trinajstić information content (AvgIpc) is 2.67. The Labute approximate surface area is 191 Å². The fraction of sp³-hybridized carbons (Fsp3) is 0.652. The summed E-state index contributed by atoms with van der Waals surface area (Å²) in [6, 6.07) is 8.74. The van der Waals surface area contributed by atoms with Crippen molar-refractivity contribution in [1.82, 2.24) is 10.6 Å². The first-order valence-corrected chi connectivity index (χ1v) is 12.8. The third-order valence-electron chi connectivity index (χ3n) is 5.38. The molecule has 32 heavy (non-hydrogen) atoms. The Morgan fingerprint density at radius 2 is 1.72 bits per heavy atom. The molecule has 2 amide bonds. The van der Waals surface area contributed by atoms with Gasteiger partial charge in [-0.15, -0.1) is 0 Å². The Morgan fingerprint density at radius 3 is 2.31 bits per heavy atom. The first kappa shape index (κ1) is 26.0. The number of hydrogen-bond donors (Lipinski definition) is 2. The lowest BCUT2D eigenvalue weighted by Crippen LogP contribution is -2.51. The zero-order valence-corrected chi connectivity index (χ0v) is 20.4. The fourth-order valence-electron chi connectivity index (χ4n) is 3.65. The van der Waals surface area contributed by atoms with Crippen molar-refractivity contribution >= 4 is 22.0 Å². The molecule has 180 valence electrons. The number of carbonyl (C=O) groups is 2. The third-order valence-corrected chi connectivity index (χ3v) is 7.71. The van der Waals surface area contributed by atoms with Gasteiger partial charge in [-0.25, -0.2) is 18.0 Å². The summed E-state index contributed by atoms with van der Waals surface area (Å²) in [6.07, 6.45) is 0.445. The molecule has 0 spiro atoms. The Morgan fingerprint density at radius 1 is 1.06 bits per heavy atom. The maximum atomic E-state index is 12.6. The number of hydrogen-bond acceptors (Lipinski definition) is 6. The first-order chi connectivity index (χ1) is 14.9. The molecule has 1 saturated carbocycles. The molecular formula is C23H36N2O6S. The number of nitrogens with one attached hydrogen (secondary N) is 2. The van der Waals surface area contributed by atoms with Crippen LogP contribution in [0.15, 0.2) is 30.3 Å². The van der Waals surface area contributed by atoms with Gasteiger partial charge in [0.05, 0.1) is 11.0 Å². The SMILES string of the molecule is CC(C)S(=O)(=O)CC1C[C@@H](NC(=O)OC(C)(C)C)CC[C@H]1NC(=O)OCc1ccccc1. The molecule has 1 aliphatic rings. The second-order valence-electron chi connectivity index (χ2n) is 9.61. The minimum Gasteiger partial charge on any atom is -0.445 e. The van der Waals surface area contributed by atoms with Gasteiger partial charge in [0.1, 0.15) is 12.2 Å². The standard InChI is InChI=1S/C23H36N2O6S/c1-16(2)32(28,29)15-18-13-19(24-22(27)31-23(3,4)5)11-12-20(18)25-21(26)30-14-17-9-7-6-8-10-17/h6-10,16,18-20H,11-15H2,1-5H3,(H,24,27)(H,25,26)/t18?,19-,20+/m0/s1. The van der Waals surface area contributed by atoms with Gasteiger partial charge in [0.2, 0.25) is 0 Å². The molecule has 2 N–H and O–H groups in total. The molecule has 0 aliphatic heterocycles. The molecule has 0 saturated heterocycles. The van der Waals surface area contributed by atoms with Crippen LogP contribution in [0.3, 0.4) is 0 Å². The minimum atomic E-state index is -3.34. The van der Waals surface area contributed by atoms with Crippen LogP contribution in [0, 0.1) is 5.92 Å². The minimum absolute atomic E-state index is 0.0687. The number of benzene rings is 1. The van der Waals surface area contributed by atoms with Crippen molar-refractivity contribution in [2.45, 2.75) is 83.4 Å². The molecule has 8 nitrogen and oxygen atoms in total. The number of ether oxygens (including phenoxy) is 2. The average molecular weight is 469 g/mol. The van der Waals surface area contributed by atoms with E-state index in [0.717, 1.165) is 5.56 Å². The van der Waals surface area contributed by atoms with E-state index in [1.807, 2.05) is 30.3 Å². The summed E-state index contributed by atoms with van der Waals surface area (Å²) in [5.74, 6) is -0.416. The van der Waals surface area contributed by atoms with E-state index in [4.69, 9.17) is 9.47 Å². The number of amides is 2. The summed E-state index contributed by atoms with van der Waals surface area (Å²) in [4.78, 5) is 24.5. The molecule has 1 aliphatic carbocycles. The van der Waals surface area contributed by atoms with Crippen LogP contribution in [0.4, 0.5) is 9.59 Å². The Kier molecular flexibility index (Phi) is 8.95. The number of alkyl carbamates (subject to hydrolysis) is 2. The lowest BCUT2D eigenvalue weighted by atomic mass is 9.82. The lowest BCUT2D eigenvalue weighted by Gasteiger charge is -2.37. The summed E-state index contributed by atoms with van der Waals surface area (Å²) >= 11 is 0. The highest BCUT2D eigenvalue weighted by atomic mass is 32.2. The summed E-state index contributed by atoms with van der Waals surface area (Å²) in [7, 11) is -3.34. The molecule has 1 unspecified atom stereocenters. The van der Waals surface area contributed by atoms with Crippen molar-refractivity contribution in [1.29, 1.82) is 0 Å². The van der Waals surface area contributed by atoms with E-state index in [-0.39, 0.29) is 30.4 Å². The van der Waals surface area contributed by atoms with Gasteiger partial charge < -0.3 is 20.1 Å². The summed E-state index contributed by atoms with van der Waals surface area (Å²) in [5.41, 5.74) is 0.248. The molecule has 0 aromatic heterocycles.